The number of nitrogens with zero attached hydrogens (tertiary/aromatic N) is 1. The van der Waals surface area contributed by atoms with Crippen LogP contribution in [0.3, 0.4) is 0 Å². The first-order chi connectivity index (χ1) is 26.8. The number of benzene rings is 7. The van der Waals surface area contributed by atoms with Crippen LogP contribution in [0.1, 0.15) is 5.56 Å². The average molecular weight is 831 g/mol. The molecule has 0 aliphatic heterocycles. The summed E-state index contributed by atoms with van der Waals surface area (Å²) in [7, 11) is -0.892. The molecule has 0 amide bonds. The fraction of sp³-hybridized carbons (Fsp3) is 0.0196. The molecule has 1 unspecified atom stereocenters. The van der Waals surface area contributed by atoms with Crippen LogP contribution in [0.2, 0.25) is 0 Å². The standard InChI is InChI=1S/2C18H15P.C10H6N.C5H5.Ru/c2*1-4-10-16(11-5-1)19(17-12-6-2-7-13-17)18-14-8-3-9-15-18;11-7-9-6-10(9)8-4-2-1-3-5-8;1-2-4-5-3-1;/h2*1-15H;1-5,9H;1-5H;/q;;-1;;+2. The number of hydrogen-bond donors (Lipinski definition) is 0. The Balaban J connectivity index is 0.000000151. The van der Waals surface area contributed by atoms with Crippen molar-refractivity contribution < 1.29 is 19.5 Å². The van der Waals surface area contributed by atoms with Gasteiger partial charge in [0.05, 0.1) is 6.07 Å². The van der Waals surface area contributed by atoms with E-state index in [1.807, 2.05) is 62.4 Å². The van der Waals surface area contributed by atoms with Crippen LogP contribution in [-0.2, 0) is 19.5 Å². The molecular weight excluding hydrogens is 790 g/mol. The number of nitriles is 1. The maximum Gasteiger partial charge on any atom is 2.00 e. The van der Waals surface area contributed by atoms with E-state index in [2.05, 4.69) is 194 Å². The SMILES string of the molecule is N#CC1[C-]=C1c1ccccc1.[CH]1[CH][CH][CH][CH]1.[Ru+2].c1ccc(P(c2ccccc2)c2ccccc2)cc1.c1ccc(P(c2ccccc2)c2ccccc2)cc1. The van der Waals surface area contributed by atoms with E-state index in [-0.39, 0.29) is 25.4 Å². The summed E-state index contributed by atoms with van der Waals surface area (Å²) in [6.45, 7) is 0. The molecule has 1 atom stereocenters. The summed E-state index contributed by atoms with van der Waals surface area (Å²) < 4.78 is 0. The summed E-state index contributed by atoms with van der Waals surface area (Å²) in [6, 6.07) is 76.7. The van der Waals surface area contributed by atoms with E-state index in [1.54, 1.807) is 0 Å². The molecule has 1 saturated carbocycles. The third-order valence-electron chi connectivity index (χ3n) is 8.36. The van der Waals surface area contributed by atoms with Gasteiger partial charge in [0.25, 0.3) is 0 Å². The fourth-order valence-electron chi connectivity index (χ4n) is 5.76. The van der Waals surface area contributed by atoms with Gasteiger partial charge < -0.3 is 0 Å². The van der Waals surface area contributed by atoms with Crippen molar-refractivity contribution in [2.24, 2.45) is 5.92 Å². The van der Waals surface area contributed by atoms with Crippen molar-refractivity contribution in [2.45, 2.75) is 0 Å². The van der Waals surface area contributed by atoms with Gasteiger partial charge in [-0.05, 0) is 85.7 Å². The van der Waals surface area contributed by atoms with Gasteiger partial charge in [0, 0.05) is 0 Å². The fourth-order valence-corrected chi connectivity index (χ4v) is 10.4. The topological polar surface area (TPSA) is 23.8 Å². The predicted molar refractivity (Wildman–Crippen MR) is 234 cm³/mol. The molecule has 7 aromatic rings. The molecule has 267 valence electrons. The Kier molecular flexibility index (Phi) is 17.5. The molecule has 0 heterocycles. The average Bonchev–Trinajstić information content (AvgIpc) is 3.80. The maximum atomic E-state index is 8.50. The van der Waals surface area contributed by atoms with Crippen LogP contribution in [0.25, 0.3) is 5.57 Å². The van der Waals surface area contributed by atoms with E-state index >= 15 is 0 Å². The largest absolute Gasteiger partial charge is 2.00 e. The summed E-state index contributed by atoms with van der Waals surface area (Å²) >= 11 is 0. The first kappa shape index (κ1) is 41.4. The molecule has 55 heavy (non-hydrogen) atoms. The van der Waals surface area contributed by atoms with Crippen molar-refractivity contribution in [1.29, 1.82) is 5.26 Å². The van der Waals surface area contributed by atoms with Crippen molar-refractivity contribution >= 4 is 53.2 Å². The van der Waals surface area contributed by atoms with Gasteiger partial charge in [0.15, 0.2) is 0 Å². The van der Waals surface area contributed by atoms with E-state index in [9.17, 15) is 0 Å². The van der Waals surface area contributed by atoms with Gasteiger partial charge in [-0.3, -0.25) is 6.08 Å². The first-order valence-electron chi connectivity index (χ1n) is 18.0. The third-order valence-corrected chi connectivity index (χ3v) is 13.2. The minimum atomic E-state index is -0.446. The summed E-state index contributed by atoms with van der Waals surface area (Å²) in [6.07, 6.45) is 13.0. The minimum absolute atomic E-state index is 0. The van der Waals surface area contributed by atoms with Crippen molar-refractivity contribution in [1.82, 2.24) is 0 Å². The van der Waals surface area contributed by atoms with E-state index < -0.39 is 15.8 Å². The zero-order valence-electron chi connectivity index (χ0n) is 30.4. The third kappa shape index (κ3) is 12.9. The molecule has 0 N–H and O–H groups in total. The maximum absolute atomic E-state index is 8.50. The number of allylic oxidation sites excluding steroid dienone is 2. The van der Waals surface area contributed by atoms with Crippen LogP contribution >= 0.6 is 15.8 Å². The predicted octanol–water partition coefficient (Wildman–Crippen LogP) is 9.94. The van der Waals surface area contributed by atoms with Crippen LogP contribution in [-0.4, -0.2) is 0 Å². The van der Waals surface area contributed by atoms with Gasteiger partial charge in [0.2, 0.25) is 0 Å². The molecule has 1 nitrogen and oxygen atoms in total. The molecule has 0 saturated heterocycles. The van der Waals surface area contributed by atoms with Crippen LogP contribution in [0, 0.1) is 55.4 Å². The van der Waals surface area contributed by atoms with Gasteiger partial charge in [-0.25, -0.2) is 5.57 Å². The Morgan fingerprint density at radius 1 is 0.345 bits per heavy atom. The molecule has 5 radical (unpaired) electrons. The molecule has 0 aromatic heterocycles. The van der Waals surface area contributed by atoms with Crippen LogP contribution in [0.5, 0.6) is 0 Å². The summed E-state index contributed by atoms with van der Waals surface area (Å²) in [5.41, 5.74) is 2.17. The second-order valence-corrected chi connectivity index (χ2v) is 16.6. The molecule has 1 fully saturated rings. The van der Waals surface area contributed by atoms with Gasteiger partial charge in [0.1, 0.15) is 0 Å². The summed E-state index contributed by atoms with van der Waals surface area (Å²) in [5, 5.41) is 16.9. The van der Waals surface area contributed by atoms with E-state index in [0.717, 1.165) is 11.1 Å². The van der Waals surface area contributed by atoms with Gasteiger partial charge in [-0.15, -0.1) is 12.1 Å². The quantitative estimate of drug-likeness (QED) is 0.0892. The van der Waals surface area contributed by atoms with Gasteiger partial charge >= 0.3 is 19.5 Å². The van der Waals surface area contributed by atoms with Crippen molar-refractivity contribution in [3.63, 3.8) is 0 Å². The Bertz CT molecular complexity index is 1820. The van der Waals surface area contributed by atoms with E-state index in [4.69, 9.17) is 5.26 Å². The van der Waals surface area contributed by atoms with Crippen LogP contribution in [0.15, 0.2) is 212 Å². The second kappa shape index (κ2) is 23.2. The van der Waals surface area contributed by atoms with Crippen molar-refractivity contribution in [3.05, 3.63) is 256 Å². The summed E-state index contributed by atoms with van der Waals surface area (Å²) in [4.78, 5) is 0. The second-order valence-electron chi connectivity index (χ2n) is 12.1. The van der Waals surface area contributed by atoms with Gasteiger partial charge in [-0.1, -0.05) is 200 Å². The van der Waals surface area contributed by atoms with E-state index in [0.29, 0.717) is 0 Å². The molecule has 7 aromatic carbocycles. The summed E-state index contributed by atoms with van der Waals surface area (Å²) in [5.74, 6) is -0.0441. The minimum Gasteiger partial charge on any atom is -0.252 e. The molecule has 2 aliphatic rings. The van der Waals surface area contributed by atoms with Crippen molar-refractivity contribution in [3.8, 4) is 6.07 Å². The van der Waals surface area contributed by atoms with Crippen LogP contribution in [0.4, 0.5) is 0 Å². The molecular formula is C51H41NP2Ru+. The number of hydrogen-bond acceptors (Lipinski definition) is 1. The molecule has 0 spiro atoms. The zero-order valence-corrected chi connectivity index (χ0v) is 33.9. The Labute approximate surface area is 344 Å². The Hall–Kier alpha value is -4.75. The Morgan fingerprint density at radius 3 is 0.764 bits per heavy atom. The molecule has 0 bridgehead atoms. The zero-order chi connectivity index (χ0) is 37.0. The number of rotatable bonds is 7. The van der Waals surface area contributed by atoms with E-state index in [1.165, 1.54) is 31.8 Å². The monoisotopic (exact) mass is 831 g/mol. The first-order valence-corrected chi connectivity index (χ1v) is 20.7. The Morgan fingerprint density at radius 2 is 0.564 bits per heavy atom. The molecule has 4 heteroatoms. The molecule has 2 aliphatic carbocycles. The van der Waals surface area contributed by atoms with Crippen LogP contribution < -0.4 is 31.8 Å². The molecule has 9 rings (SSSR count). The smallest absolute Gasteiger partial charge is 0.252 e. The van der Waals surface area contributed by atoms with Crippen molar-refractivity contribution in [2.75, 3.05) is 0 Å². The van der Waals surface area contributed by atoms with Gasteiger partial charge in [-0.2, -0.15) is 10.8 Å². The normalized spacial score (nSPS) is 13.5.